The van der Waals surface area contributed by atoms with Crippen LogP contribution in [0.15, 0.2) is 0 Å². The first-order valence-electron chi connectivity index (χ1n) is 11.7. The molecule has 0 radical (unpaired) electrons. The second-order valence-corrected chi connectivity index (χ2v) is 8.09. The van der Waals surface area contributed by atoms with Crippen LogP contribution in [0.5, 0.6) is 0 Å². The van der Waals surface area contributed by atoms with Gasteiger partial charge in [-0.25, -0.2) is 0 Å². The predicted molar refractivity (Wildman–Crippen MR) is 117 cm³/mol. The van der Waals surface area contributed by atoms with Crippen molar-refractivity contribution in [2.45, 2.75) is 117 Å². The number of Topliss-reactive ketones (excluding diaryl/α,β-unsaturated/α-hetero) is 2. The molecule has 0 aliphatic carbocycles. The fourth-order valence-corrected chi connectivity index (χ4v) is 3.16. The molecule has 30 heavy (non-hydrogen) atoms. The van der Waals surface area contributed by atoms with Crippen molar-refractivity contribution in [2.24, 2.45) is 0 Å². The Bertz CT molecular complexity index is 442. The normalized spacial score (nSPS) is 10.6. The standard InChI is InChI=1S/C24H42O6/c1-21(25)15-11-7-3-5-9-13-17-23(27)29-19-20-30-24(28)18-14-10-6-4-8-12-16-22(2)26/h3-20H2,1-2H3. The Morgan fingerprint density at radius 1 is 0.433 bits per heavy atom. The predicted octanol–water partition coefficient (Wildman–Crippen LogP) is 5.49. The van der Waals surface area contributed by atoms with Crippen LogP contribution in [0.25, 0.3) is 0 Å². The lowest BCUT2D eigenvalue weighted by atomic mass is 10.1. The van der Waals surface area contributed by atoms with E-state index in [-0.39, 0.29) is 36.7 Å². The highest BCUT2D eigenvalue weighted by Crippen LogP contribution is 2.10. The number of unbranched alkanes of at least 4 members (excludes halogenated alkanes) is 10. The number of carbonyl (C=O) groups excluding carboxylic acids is 4. The summed E-state index contributed by atoms with van der Waals surface area (Å²) in [5.74, 6) is 0.00827. The van der Waals surface area contributed by atoms with Gasteiger partial charge < -0.3 is 19.1 Å². The summed E-state index contributed by atoms with van der Waals surface area (Å²) >= 11 is 0. The number of rotatable bonds is 21. The van der Waals surface area contributed by atoms with E-state index in [1.807, 2.05) is 0 Å². The largest absolute Gasteiger partial charge is 0.462 e. The van der Waals surface area contributed by atoms with E-state index in [0.29, 0.717) is 25.7 Å². The maximum Gasteiger partial charge on any atom is 0.305 e. The maximum atomic E-state index is 11.6. The molecule has 174 valence electrons. The first kappa shape index (κ1) is 28.3. The van der Waals surface area contributed by atoms with E-state index >= 15 is 0 Å². The Balaban J connectivity index is 3.35. The zero-order chi connectivity index (χ0) is 22.5. The summed E-state index contributed by atoms with van der Waals surface area (Å²) in [5.41, 5.74) is 0. The van der Waals surface area contributed by atoms with E-state index < -0.39 is 0 Å². The molecule has 0 aromatic carbocycles. The van der Waals surface area contributed by atoms with Crippen LogP contribution >= 0.6 is 0 Å². The zero-order valence-electron chi connectivity index (χ0n) is 19.2. The molecule has 0 aliphatic rings. The third kappa shape index (κ3) is 22.6. The minimum atomic E-state index is -0.243. The van der Waals surface area contributed by atoms with E-state index in [9.17, 15) is 19.2 Å². The van der Waals surface area contributed by atoms with Gasteiger partial charge in [-0.3, -0.25) is 9.59 Å². The average molecular weight is 427 g/mol. The van der Waals surface area contributed by atoms with Crippen LogP contribution in [0.3, 0.4) is 0 Å². The van der Waals surface area contributed by atoms with Crippen molar-refractivity contribution in [3.05, 3.63) is 0 Å². The summed E-state index contributed by atoms with van der Waals surface area (Å²) in [7, 11) is 0. The fraction of sp³-hybridized carbons (Fsp3) is 0.833. The molecule has 0 fully saturated rings. The minimum absolute atomic E-state index is 0.117. The molecule has 0 amide bonds. The van der Waals surface area contributed by atoms with Crippen molar-refractivity contribution < 1.29 is 28.7 Å². The number of ketones is 2. The summed E-state index contributed by atoms with van der Waals surface area (Å²) in [5, 5.41) is 0. The van der Waals surface area contributed by atoms with Crippen molar-refractivity contribution in [1.29, 1.82) is 0 Å². The molecule has 0 saturated heterocycles. The van der Waals surface area contributed by atoms with Gasteiger partial charge in [0, 0.05) is 25.7 Å². The second kappa shape index (κ2) is 20.5. The van der Waals surface area contributed by atoms with Gasteiger partial charge in [0.15, 0.2) is 0 Å². The van der Waals surface area contributed by atoms with E-state index in [4.69, 9.17) is 9.47 Å². The van der Waals surface area contributed by atoms with E-state index in [0.717, 1.165) is 77.0 Å². The molecular weight excluding hydrogens is 384 g/mol. The summed E-state index contributed by atoms with van der Waals surface area (Å²) in [6, 6.07) is 0. The summed E-state index contributed by atoms with van der Waals surface area (Å²) < 4.78 is 10.2. The second-order valence-electron chi connectivity index (χ2n) is 8.09. The van der Waals surface area contributed by atoms with Crippen LogP contribution < -0.4 is 0 Å². The van der Waals surface area contributed by atoms with Crippen molar-refractivity contribution in [3.8, 4) is 0 Å². The van der Waals surface area contributed by atoms with Crippen molar-refractivity contribution in [3.63, 3.8) is 0 Å². The number of ether oxygens (including phenoxy) is 2. The minimum Gasteiger partial charge on any atom is -0.462 e. The molecule has 0 bridgehead atoms. The molecule has 0 spiro atoms. The molecule has 0 heterocycles. The fourth-order valence-electron chi connectivity index (χ4n) is 3.16. The first-order chi connectivity index (χ1) is 14.4. The zero-order valence-corrected chi connectivity index (χ0v) is 19.2. The van der Waals surface area contributed by atoms with Crippen LogP contribution in [0, 0.1) is 0 Å². The third-order valence-corrected chi connectivity index (χ3v) is 4.93. The van der Waals surface area contributed by atoms with Gasteiger partial charge in [-0.2, -0.15) is 0 Å². The maximum absolute atomic E-state index is 11.6. The average Bonchev–Trinajstić information content (AvgIpc) is 2.68. The van der Waals surface area contributed by atoms with Crippen LogP contribution in [0.1, 0.15) is 117 Å². The summed E-state index contributed by atoms with van der Waals surface area (Å²) in [6.07, 6.45) is 14.1. The van der Waals surface area contributed by atoms with Gasteiger partial charge in [0.05, 0.1) is 0 Å². The molecular formula is C24H42O6. The van der Waals surface area contributed by atoms with Gasteiger partial charge in [0.1, 0.15) is 24.8 Å². The lowest BCUT2D eigenvalue weighted by Gasteiger charge is -2.07. The van der Waals surface area contributed by atoms with Gasteiger partial charge >= 0.3 is 11.9 Å². The lowest BCUT2D eigenvalue weighted by Crippen LogP contribution is -2.13. The van der Waals surface area contributed by atoms with E-state index in [1.54, 1.807) is 13.8 Å². The van der Waals surface area contributed by atoms with Crippen molar-refractivity contribution in [1.82, 2.24) is 0 Å². The van der Waals surface area contributed by atoms with Gasteiger partial charge in [0.2, 0.25) is 0 Å². The highest BCUT2D eigenvalue weighted by Gasteiger charge is 2.06. The topological polar surface area (TPSA) is 86.7 Å². The van der Waals surface area contributed by atoms with Crippen molar-refractivity contribution >= 4 is 23.5 Å². The summed E-state index contributed by atoms with van der Waals surface area (Å²) in [6.45, 7) is 3.48. The van der Waals surface area contributed by atoms with Gasteiger partial charge in [-0.1, -0.05) is 51.4 Å². The first-order valence-corrected chi connectivity index (χ1v) is 11.7. The molecule has 0 N–H and O–H groups in total. The number of esters is 2. The Morgan fingerprint density at radius 2 is 0.700 bits per heavy atom. The quantitative estimate of drug-likeness (QED) is 0.178. The van der Waals surface area contributed by atoms with E-state index in [1.165, 1.54) is 0 Å². The van der Waals surface area contributed by atoms with Crippen LogP contribution in [-0.4, -0.2) is 36.7 Å². The van der Waals surface area contributed by atoms with Gasteiger partial charge in [0.25, 0.3) is 0 Å². The molecule has 0 aromatic heterocycles. The molecule has 0 saturated carbocycles. The Labute approximate surface area is 182 Å². The molecule has 0 aliphatic heterocycles. The highest BCUT2D eigenvalue weighted by atomic mass is 16.6. The molecule has 0 aromatic rings. The van der Waals surface area contributed by atoms with Gasteiger partial charge in [-0.15, -0.1) is 0 Å². The van der Waals surface area contributed by atoms with Crippen LogP contribution in [0.2, 0.25) is 0 Å². The number of carbonyl (C=O) groups is 4. The third-order valence-electron chi connectivity index (χ3n) is 4.93. The SMILES string of the molecule is CC(=O)CCCCCCCCC(=O)OCCOC(=O)CCCCCCCCC(C)=O. The van der Waals surface area contributed by atoms with Gasteiger partial charge in [-0.05, 0) is 39.5 Å². The molecule has 0 rings (SSSR count). The number of hydrogen-bond donors (Lipinski definition) is 0. The summed E-state index contributed by atoms with van der Waals surface area (Å²) in [4.78, 5) is 44.9. The van der Waals surface area contributed by atoms with Crippen LogP contribution in [0.4, 0.5) is 0 Å². The smallest absolute Gasteiger partial charge is 0.305 e. The molecule has 0 atom stereocenters. The van der Waals surface area contributed by atoms with Crippen LogP contribution in [-0.2, 0) is 28.7 Å². The monoisotopic (exact) mass is 426 g/mol. The Hall–Kier alpha value is -1.72. The lowest BCUT2D eigenvalue weighted by molar-refractivity contribution is -0.152. The van der Waals surface area contributed by atoms with E-state index in [2.05, 4.69) is 0 Å². The molecule has 6 heteroatoms. The highest BCUT2D eigenvalue weighted by molar-refractivity contribution is 5.75. The van der Waals surface area contributed by atoms with Crippen molar-refractivity contribution in [2.75, 3.05) is 13.2 Å². The Kier molecular flexibility index (Phi) is 19.4. The molecule has 6 nitrogen and oxygen atoms in total. The number of hydrogen-bond acceptors (Lipinski definition) is 6. The molecule has 0 unspecified atom stereocenters. The Morgan fingerprint density at radius 3 is 1.00 bits per heavy atom.